The van der Waals surface area contributed by atoms with Crippen LogP contribution in [0.25, 0.3) is 0 Å². The molecule has 5 heteroatoms. The van der Waals surface area contributed by atoms with Crippen LogP contribution >= 0.6 is 0 Å². The predicted molar refractivity (Wildman–Crippen MR) is 107 cm³/mol. The number of carbonyl (C=O) groups excluding carboxylic acids is 1. The van der Waals surface area contributed by atoms with Crippen LogP contribution in [0.3, 0.4) is 0 Å². The van der Waals surface area contributed by atoms with E-state index in [9.17, 15) is 4.79 Å². The second-order valence-electron chi connectivity index (χ2n) is 7.75. The normalized spacial score (nSPS) is 25.0. The standard InChI is InChI=1S/C22H27N3O2/c1-15-8-16(2)10-18(9-15)23-22(26)24-19-11-20-14-27-21(13-25(20)12-19)17-6-4-3-5-7-17/h3-10,19-21H,11-14H2,1-2H3,(H2,23,24,26)/t19-,20-,21+/m0/s1. The fourth-order valence-electron chi connectivity index (χ4n) is 4.25. The summed E-state index contributed by atoms with van der Waals surface area (Å²) in [6.07, 6.45) is 1.05. The number of aryl methyl sites for hydroxylation is 2. The highest BCUT2D eigenvalue weighted by molar-refractivity contribution is 5.89. The van der Waals surface area contributed by atoms with Gasteiger partial charge in [0.25, 0.3) is 0 Å². The lowest BCUT2D eigenvalue weighted by Crippen LogP contribution is -2.43. The minimum atomic E-state index is -0.134. The molecule has 2 amide bonds. The van der Waals surface area contributed by atoms with E-state index < -0.39 is 0 Å². The summed E-state index contributed by atoms with van der Waals surface area (Å²) in [4.78, 5) is 14.9. The Morgan fingerprint density at radius 3 is 2.56 bits per heavy atom. The Morgan fingerprint density at radius 2 is 1.81 bits per heavy atom. The van der Waals surface area contributed by atoms with Crippen LogP contribution in [0.2, 0.25) is 0 Å². The Hall–Kier alpha value is -2.37. The summed E-state index contributed by atoms with van der Waals surface area (Å²) < 4.78 is 6.08. The lowest BCUT2D eigenvalue weighted by molar-refractivity contribution is -0.0502. The second-order valence-corrected chi connectivity index (χ2v) is 7.75. The number of hydrogen-bond acceptors (Lipinski definition) is 3. The first kappa shape index (κ1) is 18.0. The van der Waals surface area contributed by atoms with Crippen molar-refractivity contribution in [3.05, 3.63) is 65.2 Å². The van der Waals surface area contributed by atoms with Crippen LogP contribution in [0.15, 0.2) is 48.5 Å². The smallest absolute Gasteiger partial charge is 0.319 e. The number of carbonyl (C=O) groups is 1. The SMILES string of the molecule is Cc1cc(C)cc(NC(=O)N[C@H]2C[C@H]3CO[C@@H](c4ccccc4)CN3C2)c1. The van der Waals surface area contributed by atoms with Gasteiger partial charge in [0.1, 0.15) is 0 Å². The van der Waals surface area contributed by atoms with Crippen molar-refractivity contribution >= 4 is 11.7 Å². The zero-order chi connectivity index (χ0) is 18.8. The zero-order valence-corrected chi connectivity index (χ0v) is 15.9. The van der Waals surface area contributed by atoms with Crippen molar-refractivity contribution in [2.24, 2.45) is 0 Å². The van der Waals surface area contributed by atoms with Crippen molar-refractivity contribution in [2.75, 3.05) is 25.0 Å². The first-order chi connectivity index (χ1) is 13.1. The third-order valence-corrected chi connectivity index (χ3v) is 5.40. The summed E-state index contributed by atoms with van der Waals surface area (Å²) >= 11 is 0. The number of nitrogens with zero attached hydrogens (tertiary/aromatic N) is 1. The molecule has 0 bridgehead atoms. The molecule has 2 aliphatic rings. The lowest BCUT2D eigenvalue weighted by atomic mass is 10.1. The van der Waals surface area contributed by atoms with Crippen LogP contribution in [0.1, 0.15) is 29.2 Å². The van der Waals surface area contributed by atoms with Gasteiger partial charge in [-0.25, -0.2) is 4.79 Å². The first-order valence-electron chi connectivity index (χ1n) is 9.63. The minimum absolute atomic E-state index is 0.116. The molecule has 2 heterocycles. The van der Waals surface area contributed by atoms with Gasteiger partial charge in [-0.15, -0.1) is 0 Å². The molecule has 2 fully saturated rings. The highest BCUT2D eigenvalue weighted by Gasteiger charge is 2.38. The summed E-state index contributed by atoms with van der Waals surface area (Å²) in [5.41, 5.74) is 4.35. The van der Waals surface area contributed by atoms with E-state index in [2.05, 4.69) is 45.9 Å². The van der Waals surface area contributed by atoms with Gasteiger partial charge < -0.3 is 15.4 Å². The maximum absolute atomic E-state index is 12.4. The first-order valence-corrected chi connectivity index (χ1v) is 9.63. The number of ether oxygens (including phenoxy) is 1. The number of fused-ring (bicyclic) bond motifs is 1. The number of urea groups is 1. The Balaban J connectivity index is 1.32. The highest BCUT2D eigenvalue weighted by atomic mass is 16.5. The van der Waals surface area contributed by atoms with Crippen LogP contribution in [-0.4, -0.2) is 42.7 Å². The molecule has 142 valence electrons. The number of hydrogen-bond donors (Lipinski definition) is 2. The van der Waals surface area contributed by atoms with Crippen LogP contribution < -0.4 is 10.6 Å². The molecule has 27 heavy (non-hydrogen) atoms. The zero-order valence-electron chi connectivity index (χ0n) is 15.9. The molecule has 2 N–H and O–H groups in total. The molecule has 3 atom stereocenters. The van der Waals surface area contributed by atoms with E-state index in [1.165, 1.54) is 5.56 Å². The van der Waals surface area contributed by atoms with E-state index in [1.54, 1.807) is 0 Å². The molecular formula is C22H27N3O2. The van der Waals surface area contributed by atoms with Gasteiger partial charge in [-0.1, -0.05) is 36.4 Å². The number of morpholine rings is 1. The lowest BCUT2D eigenvalue weighted by Gasteiger charge is -2.35. The molecule has 0 radical (unpaired) electrons. The van der Waals surface area contributed by atoms with Gasteiger partial charge in [0.2, 0.25) is 0 Å². The van der Waals surface area contributed by atoms with Crippen molar-refractivity contribution in [2.45, 2.75) is 38.5 Å². The molecule has 0 saturated carbocycles. The fraction of sp³-hybridized carbons (Fsp3) is 0.409. The third-order valence-electron chi connectivity index (χ3n) is 5.40. The highest BCUT2D eigenvalue weighted by Crippen LogP contribution is 2.30. The molecule has 0 aromatic heterocycles. The molecule has 0 unspecified atom stereocenters. The van der Waals surface area contributed by atoms with Crippen LogP contribution in [0.4, 0.5) is 10.5 Å². The summed E-state index contributed by atoms with van der Waals surface area (Å²) in [6, 6.07) is 16.8. The van der Waals surface area contributed by atoms with Gasteiger partial charge in [-0.2, -0.15) is 0 Å². The largest absolute Gasteiger partial charge is 0.371 e. The van der Waals surface area contributed by atoms with Crippen molar-refractivity contribution in [1.82, 2.24) is 10.2 Å². The van der Waals surface area contributed by atoms with Gasteiger partial charge in [-0.05, 0) is 49.1 Å². The Labute approximate surface area is 160 Å². The average Bonchev–Trinajstić information content (AvgIpc) is 3.02. The second kappa shape index (κ2) is 7.71. The van der Waals surface area contributed by atoms with E-state index in [4.69, 9.17) is 4.74 Å². The van der Waals surface area contributed by atoms with Crippen LogP contribution in [-0.2, 0) is 4.74 Å². The Bertz CT molecular complexity index is 788. The van der Waals surface area contributed by atoms with Gasteiger partial charge in [0, 0.05) is 30.9 Å². The molecule has 0 aliphatic carbocycles. The van der Waals surface area contributed by atoms with Gasteiger partial charge in [0.05, 0.1) is 12.7 Å². The maximum atomic E-state index is 12.4. The van der Waals surface area contributed by atoms with Gasteiger partial charge in [-0.3, -0.25) is 4.90 Å². The van der Waals surface area contributed by atoms with Crippen LogP contribution in [0.5, 0.6) is 0 Å². The predicted octanol–water partition coefficient (Wildman–Crippen LogP) is 3.64. The number of rotatable bonds is 3. The van der Waals surface area contributed by atoms with E-state index in [0.717, 1.165) is 42.9 Å². The maximum Gasteiger partial charge on any atom is 0.319 e. The number of anilines is 1. The van der Waals surface area contributed by atoms with Gasteiger partial charge in [0.15, 0.2) is 0 Å². The molecule has 4 rings (SSSR count). The monoisotopic (exact) mass is 365 g/mol. The van der Waals surface area contributed by atoms with Gasteiger partial charge >= 0.3 is 6.03 Å². The molecule has 5 nitrogen and oxygen atoms in total. The van der Waals surface area contributed by atoms with Crippen molar-refractivity contribution in [1.29, 1.82) is 0 Å². The van der Waals surface area contributed by atoms with Crippen molar-refractivity contribution in [3.63, 3.8) is 0 Å². The summed E-state index contributed by atoms with van der Waals surface area (Å²) in [7, 11) is 0. The fourth-order valence-corrected chi connectivity index (χ4v) is 4.25. The van der Waals surface area contributed by atoms with Crippen LogP contribution in [0, 0.1) is 13.8 Å². The molecule has 0 spiro atoms. The number of amides is 2. The van der Waals surface area contributed by atoms with E-state index in [1.807, 2.05) is 32.0 Å². The van der Waals surface area contributed by atoms with E-state index in [-0.39, 0.29) is 18.2 Å². The molecule has 2 aromatic rings. The van der Waals surface area contributed by atoms with Crippen molar-refractivity contribution < 1.29 is 9.53 Å². The Morgan fingerprint density at radius 1 is 1.07 bits per heavy atom. The molecule has 2 aromatic carbocycles. The molecular weight excluding hydrogens is 338 g/mol. The number of benzene rings is 2. The summed E-state index contributed by atoms with van der Waals surface area (Å²) in [5, 5.41) is 6.10. The Kier molecular flexibility index (Phi) is 5.14. The minimum Gasteiger partial charge on any atom is -0.371 e. The van der Waals surface area contributed by atoms with E-state index in [0.29, 0.717) is 6.04 Å². The van der Waals surface area contributed by atoms with E-state index >= 15 is 0 Å². The molecule has 2 aliphatic heterocycles. The topological polar surface area (TPSA) is 53.6 Å². The number of nitrogens with one attached hydrogen (secondary N) is 2. The summed E-state index contributed by atoms with van der Waals surface area (Å²) in [6.45, 7) is 6.54. The van der Waals surface area contributed by atoms with Crippen molar-refractivity contribution in [3.8, 4) is 0 Å². The average molecular weight is 365 g/mol. The molecule has 2 saturated heterocycles. The third kappa shape index (κ3) is 4.31. The quantitative estimate of drug-likeness (QED) is 0.873. The summed E-state index contributed by atoms with van der Waals surface area (Å²) in [5.74, 6) is 0.